The summed E-state index contributed by atoms with van der Waals surface area (Å²) in [6.45, 7) is 20.8. The average Bonchev–Trinajstić information content (AvgIpc) is 1.72. The number of aromatic nitrogens is 5. The number of carbonyl (C=O) groups is 2. The number of benzene rings is 5. The molecular formula is C82H102BCl5FN12O19S. The zero-order chi connectivity index (χ0) is 84.0. The Morgan fingerprint density at radius 2 is 1.03 bits per heavy atom. The van der Waals surface area contributed by atoms with Crippen LogP contribution in [-0.4, -0.2) is 136 Å². The number of hydrogen-bond acceptors (Lipinski definition) is 25. The number of aliphatic hydroxyl groups excluding tert-OH is 1. The van der Waals surface area contributed by atoms with Crippen LogP contribution in [0.5, 0.6) is 46.4 Å². The highest BCUT2D eigenvalue weighted by atomic mass is 36.0. The van der Waals surface area contributed by atoms with Crippen molar-refractivity contribution in [3.05, 3.63) is 273 Å². The summed E-state index contributed by atoms with van der Waals surface area (Å²) in [7, 11) is 7.36. The second-order valence-corrected chi connectivity index (χ2v) is 26.3. The van der Waals surface area contributed by atoms with Gasteiger partial charge in [0.25, 0.3) is 0 Å². The molecule has 0 aliphatic carbocycles. The van der Waals surface area contributed by atoms with Gasteiger partial charge in [0, 0.05) is 53.9 Å². The van der Waals surface area contributed by atoms with E-state index in [1.165, 1.54) is 18.2 Å². The third-order valence-corrected chi connectivity index (χ3v) is 14.9. The van der Waals surface area contributed by atoms with Gasteiger partial charge in [-0.1, -0.05) is 141 Å². The normalized spacial score (nSPS) is 11.5. The fourth-order valence-electron chi connectivity index (χ4n) is 9.89. The highest BCUT2D eigenvalue weighted by Crippen LogP contribution is 2.39. The molecule has 3 radical (unpaired) electrons. The molecule has 0 spiro atoms. The number of pyridine rings is 3. The number of aromatic amines is 1. The van der Waals surface area contributed by atoms with Gasteiger partial charge in [0.2, 0.25) is 38.5 Å². The Labute approximate surface area is 731 Å². The van der Waals surface area contributed by atoms with Crippen LogP contribution in [0.2, 0.25) is 0 Å². The van der Waals surface area contributed by atoms with E-state index in [0.717, 1.165) is 43.7 Å². The van der Waals surface area contributed by atoms with Gasteiger partial charge >= 0.3 is 29.3 Å². The number of carbonyl (C=O) groups excluding carboxylic acids is 2. The van der Waals surface area contributed by atoms with Crippen LogP contribution >= 0.6 is 56.2 Å². The van der Waals surface area contributed by atoms with Crippen LogP contribution in [0.4, 0.5) is 54.5 Å². The zero-order valence-corrected chi connectivity index (χ0v) is 68.0. The first-order valence-corrected chi connectivity index (χ1v) is 38.8. The molecule has 2 amide bonds. The fraction of sp³-hybridized carbons (Fsp3) is 0.268. The first kappa shape index (κ1) is 111. The van der Waals surface area contributed by atoms with Crippen LogP contribution in [0.25, 0.3) is 11.0 Å². The van der Waals surface area contributed by atoms with E-state index in [-0.39, 0.29) is 141 Å². The van der Waals surface area contributed by atoms with E-state index in [0.29, 0.717) is 91.6 Å². The Morgan fingerprint density at radius 3 is 1.51 bits per heavy atom. The molecule has 8 N–H and O–H groups in total. The SMILES string of the molecule is C.C.C.C.C=CCOc1cccc(CCl)c1.C=CCOc1cccc(CN(C(=O)OCC)c2cc(OCC=C)nc(N)c2[N+](=O)[O-])c1.C=CCOc1cccc(CO)c1.CCOC(=O)N1Cc2cccc(c2)OC/C=C/COc2cc1c([N+](=O)[O-])c(N)n2.ClCCl.F.Nc1nc2cc3c1[nH]c(=O)n3Cc1cccc(c1)OC/C=C/CO2.O=S(Cl)Cl.[B]. The second kappa shape index (κ2) is 61.3. The number of fused-ring (bicyclic) bond motifs is 7. The number of halogens is 6. The number of nitrogen functional groups attached to an aromatic ring is 3. The van der Waals surface area contributed by atoms with Crippen molar-refractivity contribution in [1.29, 1.82) is 0 Å². The van der Waals surface area contributed by atoms with Crippen LogP contribution in [0.3, 0.4) is 0 Å². The monoisotopic (exact) mass is 1800 g/mol. The number of nitrogens with zero attached hydrogens (tertiary/aromatic N) is 8. The molecule has 11 rings (SSSR count). The molecule has 5 aromatic carbocycles. The van der Waals surface area contributed by atoms with Crippen molar-refractivity contribution >= 4 is 137 Å². The number of H-pyrrole nitrogens is 1. The minimum Gasteiger partial charge on any atom is -0.490 e. The van der Waals surface area contributed by atoms with Crippen molar-refractivity contribution in [2.45, 2.75) is 75.7 Å². The van der Waals surface area contributed by atoms with Gasteiger partial charge in [-0.25, -0.2) is 18.6 Å². The second-order valence-electron chi connectivity index (χ2n) is 22.7. The van der Waals surface area contributed by atoms with Crippen LogP contribution in [0, 0.1) is 20.2 Å². The number of anilines is 5. The van der Waals surface area contributed by atoms with E-state index < -0.39 is 42.6 Å². The van der Waals surface area contributed by atoms with Gasteiger partial charge in [0.1, 0.15) is 98.5 Å². The first-order valence-electron chi connectivity index (χ1n) is 34.4. The molecule has 655 valence electrons. The Kier molecular flexibility index (Phi) is 56.2. The number of hydrogen-bond donors (Lipinski definition) is 5. The summed E-state index contributed by atoms with van der Waals surface area (Å²) in [6.07, 6.45) is 12.2. The lowest BCUT2D eigenvalue weighted by molar-refractivity contribution is -0.383. The highest BCUT2D eigenvalue weighted by molar-refractivity contribution is 8.26. The predicted molar refractivity (Wildman–Crippen MR) is 483 cm³/mol. The molecule has 2 aliphatic rings. The number of nitrogens with one attached hydrogen (secondary N) is 1. The molecule has 0 atom stereocenters. The van der Waals surface area contributed by atoms with Crippen molar-refractivity contribution < 1.29 is 80.8 Å². The number of alkyl halides is 3. The van der Waals surface area contributed by atoms with Crippen molar-refractivity contribution in [2.75, 3.05) is 98.4 Å². The zero-order valence-electron chi connectivity index (χ0n) is 63.4. The molecule has 6 heterocycles. The molecule has 4 aromatic heterocycles. The maximum Gasteiger partial charge on any atom is 0.414 e. The van der Waals surface area contributed by atoms with E-state index in [1.54, 1.807) is 103 Å². The average molecular weight is 1800 g/mol. The molecule has 0 saturated heterocycles. The number of rotatable bonds is 21. The summed E-state index contributed by atoms with van der Waals surface area (Å²) in [5.74, 6) is 3.96. The first-order chi connectivity index (χ1) is 55.5. The molecule has 121 heavy (non-hydrogen) atoms. The van der Waals surface area contributed by atoms with Crippen molar-refractivity contribution in [2.24, 2.45) is 0 Å². The summed E-state index contributed by atoms with van der Waals surface area (Å²) < 4.78 is 64.8. The van der Waals surface area contributed by atoms with Crippen LogP contribution in [0.1, 0.15) is 71.4 Å². The molecule has 9 aromatic rings. The van der Waals surface area contributed by atoms with Crippen molar-refractivity contribution in [1.82, 2.24) is 24.5 Å². The Balaban J connectivity index is 0. The number of imidazole rings is 1. The molecule has 31 nitrogen and oxygen atoms in total. The number of ether oxygens (including phenoxy) is 10. The van der Waals surface area contributed by atoms with Gasteiger partial charge in [-0.3, -0.25) is 39.3 Å². The molecule has 0 fully saturated rings. The van der Waals surface area contributed by atoms with Crippen LogP contribution < -0.4 is 70.6 Å². The van der Waals surface area contributed by atoms with Gasteiger partial charge in [-0.2, -0.15) is 15.0 Å². The molecule has 0 unspecified atom stereocenters. The number of nitro groups is 2. The van der Waals surface area contributed by atoms with E-state index >= 15 is 0 Å². The summed E-state index contributed by atoms with van der Waals surface area (Å²) in [4.78, 5) is 76.7. The summed E-state index contributed by atoms with van der Waals surface area (Å²) >= 11 is 15.2. The molecule has 39 heteroatoms. The van der Waals surface area contributed by atoms with E-state index in [4.69, 9.17) is 109 Å². The van der Waals surface area contributed by atoms with E-state index in [1.807, 2.05) is 84.9 Å². The smallest absolute Gasteiger partial charge is 0.414 e. The Hall–Kier alpha value is -12.0. The minimum absolute atomic E-state index is 0. The van der Waals surface area contributed by atoms with Crippen LogP contribution in [-0.2, 0) is 50.8 Å². The lowest BCUT2D eigenvalue weighted by atomic mass is 10.2. The lowest BCUT2D eigenvalue weighted by Crippen LogP contribution is -2.32. The van der Waals surface area contributed by atoms with E-state index in [9.17, 15) is 34.6 Å². The van der Waals surface area contributed by atoms with Crippen molar-refractivity contribution in [3.63, 3.8) is 0 Å². The van der Waals surface area contributed by atoms with E-state index in [2.05, 4.69) is 67.6 Å². The summed E-state index contributed by atoms with van der Waals surface area (Å²) in [5, 5.41) is 32.4. The molecule has 8 bridgehead atoms. The third kappa shape index (κ3) is 38.3. The summed E-state index contributed by atoms with van der Waals surface area (Å²) in [6, 6.07) is 41.1. The van der Waals surface area contributed by atoms with Gasteiger partial charge in [0.05, 0.1) is 60.2 Å². The lowest BCUT2D eigenvalue weighted by Gasteiger charge is -2.23. The third-order valence-electron chi connectivity index (χ3n) is 14.6. The van der Waals surface area contributed by atoms with Gasteiger partial charge < -0.3 is 74.7 Å². The molecule has 0 saturated carbocycles. The summed E-state index contributed by atoms with van der Waals surface area (Å²) in [5.41, 5.74) is 21.5. The van der Waals surface area contributed by atoms with Gasteiger partial charge in [0.15, 0.2) is 5.82 Å². The van der Waals surface area contributed by atoms with Crippen molar-refractivity contribution in [3.8, 4) is 46.4 Å². The Morgan fingerprint density at radius 1 is 0.603 bits per heavy atom. The number of nitrogens with two attached hydrogens (primary N) is 3. The number of aliphatic hydroxyl groups is 1. The fourth-order valence-corrected chi connectivity index (χ4v) is 10.1. The highest BCUT2D eigenvalue weighted by Gasteiger charge is 2.33. The quantitative estimate of drug-likeness (QED) is 0.0111. The maximum atomic E-state index is 12.7. The topological polar surface area (TPSA) is 411 Å². The molecular weight excluding hydrogens is 1700 g/mol. The minimum atomic E-state index is -1.67. The van der Waals surface area contributed by atoms with Gasteiger partial charge in [-0.15, -0.1) is 34.8 Å². The largest absolute Gasteiger partial charge is 0.490 e. The Bertz CT molecular complexity index is 4810. The van der Waals surface area contributed by atoms with Gasteiger partial charge in [-0.05, 0) is 127 Å². The standard InChI is InChI=1S/C21H24N4O6.C19H20N4O6.C17H16N4O3.C10H11ClO.C10H12O2.CH2Cl2.4CH4.B.Cl2OS.FH/c1-4-10-30-16-9-7-8-15(12-16)14-24(21(26)29-6-3)17-13-18(31-11-5-2)23-20(22)19(17)25(27)28;1-2-27-19(24)22-12-13-6-5-7-14(10-13)28-8-3-4-9-29-16-11-15(22)17(23(25)26)18(20)21-16;18-16-15-13-9-14(19-16)24-7-2-1-6-23-12-5-3-4-11(8-12)10-21(13)17(22)20-15;2*1-2-6-12-10-5-3-4-9(7-10)8-11;2-1-3;;;;;;1-4(2)3;/h4-5,7-9,12-13H,1-2,6,10-11,14H2,3H3,(H2,22,23);3-7,10-11H,2,8-9,12H2,1H3,(H2,20,21);1-5,8-9H,6-7,10H2,(H2,18,19)(H,20,22);2-5,7H,1,6,8H2;2-5,7,11H,1,6,8H2;1H2;4*1H4;;;1H/b;4-3+;2-1+;;;;;;;;;;. The van der Waals surface area contributed by atoms with Crippen LogP contribution in [0.15, 0.2) is 219 Å². The number of amides is 2. The predicted octanol–water partition coefficient (Wildman–Crippen LogP) is 18.1. The molecule has 2 aliphatic heterocycles. The maximum absolute atomic E-state index is 12.7.